The van der Waals surface area contributed by atoms with E-state index in [4.69, 9.17) is 5.11 Å². The molecule has 0 unspecified atom stereocenters. The van der Waals surface area contributed by atoms with Crippen LogP contribution in [0.4, 0.5) is 4.79 Å². The number of aromatic nitrogens is 2. The first kappa shape index (κ1) is 15.3. The van der Waals surface area contributed by atoms with E-state index in [0.29, 0.717) is 11.7 Å². The van der Waals surface area contributed by atoms with Crippen LogP contribution in [0.5, 0.6) is 0 Å². The van der Waals surface area contributed by atoms with Crippen LogP contribution in [0.1, 0.15) is 31.7 Å². The maximum atomic E-state index is 10.6. The SMILES string of the molecule is CC(C)CCn1c(CO)nc2c(CNC(=O)O)cccc21. The van der Waals surface area contributed by atoms with Crippen LogP contribution >= 0.6 is 0 Å². The van der Waals surface area contributed by atoms with Gasteiger partial charge < -0.3 is 20.1 Å². The summed E-state index contributed by atoms with van der Waals surface area (Å²) in [7, 11) is 0. The molecule has 0 atom stereocenters. The van der Waals surface area contributed by atoms with Gasteiger partial charge in [0, 0.05) is 13.1 Å². The second-order valence-electron chi connectivity index (χ2n) is 5.46. The number of fused-ring (bicyclic) bond motifs is 1. The standard InChI is InChI=1S/C15H21N3O3/c1-10(2)6-7-18-12-5-3-4-11(8-16-15(20)21)14(12)17-13(18)9-19/h3-5,10,16,19H,6-9H2,1-2H3,(H,20,21). The van der Waals surface area contributed by atoms with E-state index in [1.807, 2.05) is 22.8 Å². The number of aryl methyl sites for hydroxylation is 1. The molecule has 1 aromatic heterocycles. The summed E-state index contributed by atoms with van der Waals surface area (Å²) in [6.45, 7) is 5.18. The molecule has 1 amide bonds. The third-order valence-corrected chi connectivity index (χ3v) is 3.44. The first-order valence-electron chi connectivity index (χ1n) is 7.07. The number of aliphatic hydroxyl groups excluding tert-OH is 1. The van der Waals surface area contributed by atoms with Gasteiger partial charge in [-0.2, -0.15) is 0 Å². The molecular formula is C15H21N3O3. The molecule has 0 radical (unpaired) electrons. The van der Waals surface area contributed by atoms with E-state index in [1.54, 1.807) is 0 Å². The molecule has 0 saturated heterocycles. The number of amides is 1. The third-order valence-electron chi connectivity index (χ3n) is 3.44. The van der Waals surface area contributed by atoms with Gasteiger partial charge in [-0.25, -0.2) is 9.78 Å². The fourth-order valence-corrected chi connectivity index (χ4v) is 2.32. The Morgan fingerprint density at radius 1 is 1.43 bits per heavy atom. The number of nitrogens with one attached hydrogen (secondary N) is 1. The predicted octanol–water partition coefficient (Wildman–Crippen LogP) is 2.34. The van der Waals surface area contributed by atoms with E-state index < -0.39 is 6.09 Å². The molecular weight excluding hydrogens is 270 g/mol. The molecule has 0 saturated carbocycles. The molecule has 0 aliphatic heterocycles. The molecule has 0 bridgehead atoms. The van der Waals surface area contributed by atoms with Crippen molar-refractivity contribution in [3.05, 3.63) is 29.6 Å². The number of para-hydroxylation sites is 1. The van der Waals surface area contributed by atoms with Crippen molar-refractivity contribution in [2.45, 2.75) is 40.0 Å². The highest BCUT2D eigenvalue weighted by Crippen LogP contribution is 2.21. The Hall–Kier alpha value is -2.08. The molecule has 2 rings (SSSR count). The summed E-state index contributed by atoms with van der Waals surface area (Å²) >= 11 is 0. The van der Waals surface area contributed by atoms with Crippen LogP contribution in [0.25, 0.3) is 11.0 Å². The van der Waals surface area contributed by atoms with Crippen LogP contribution in [0.3, 0.4) is 0 Å². The minimum absolute atomic E-state index is 0.126. The third kappa shape index (κ3) is 3.52. The number of imidazole rings is 1. The van der Waals surface area contributed by atoms with Gasteiger partial charge >= 0.3 is 6.09 Å². The lowest BCUT2D eigenvalue weighted by Gasteiger charge is -2.10. The second kappa shape index (κ2) is 6.58. The van der Waals surface area contributed by atoms with Gasteiger partial charge in [-0.15, -0.1) is 0 Å². The van der Waals surface area contributed by atoms with Crippen molar-refractivity contribution in [2.75, 3.05) is 0 Å². The van der Waals surface area contributed by atoms with Crippen molar-refractivity contribution in [3.8, 4) is 0 Å². The first-order chi connectivity index (χ1) is 10.0. The molecule has 1 heterocycles. The van der Waals surface area contributed by atoms with E-state index in [-0.39, 0.29) is 13.2 Å². The number of aliphatic hydroxyl groups is 1. The lowest BCUT2D eigenvalue weighted by molar-refractivity contribution is 0.194. The number of rotatable bonds is 6. The van der Waals surface area contributed by atoms with Gasteiger partial charge in [0.05, 0.1) is 11.0 Å². The molecule has 114 valence electrons. The molecule has 0 aliphatic rings. The average Bonchev–Trinajstić information content (AvgIpc) is 2.81. The quantitative estimate of drug-likeness (QED) is 0.762. The number of hydrogen-bond donors (Lipinski definition) is 3. The zero-order valence-electron chi connectivity index (χ0n) is 12.3. The summed E-state index contributed by atoms with van der Waals surface area (Å²) in [6.07, 6.45) is -0.0654. The monoisotopic (exact) mass is 291 g/mol. The van der Waals surface area contributed by atoms with Crippen LogP contribution in [0, 0.1) is 5.92 Å². The second-order valence-corrected chi connectivity index (χ2v) is 5.46. The molecule has 3 N–H and O–H groups in total. The van der Waals surface area contributed by atoms with E-state index in [0.717, 1.165) is 29.6 Å². The topological polar surface area (TPSA) is 87.4 Å². The van der Waals surface area contributed by atoms with Gasteiger partial charge in [0.25, 0.3) is 0 Å². The maximum Gasteiger partial charge on any atom is 0.404 e. The van der Waals surface area contributed by atoms with Gasteiger partial charge in [0.1, 0.15) is 12.4 Å². The summed E-state index contributed by atoms with van der Waals surface area (Å²) < 4.78 is 2.01. The highest BCUT2D eigenvalue weighted by Gasteiger charge is 2.13. The van der Waals surface area contributed by atoms with Crippen LogP contribution in [0.15, 0.2) is 18.2 Å². The molecule has 0 aliphatic carbocycles. The van der Waals surface area contributed by atoms with Crippen molar-refractivity contribution in [3.63, 3.8) is 0 Å². The lowest BCUT2D eigenvalue weighted by atomic mass is 10.1. The molecule has 0 fully saturated rings. The Labute approximate surface area is 123 Å². The van der Waals surface area contributed by atoms with E-state index in [9.17, 15) is 9.90 Å². The minimum atomic E-state index is -1.06. The van der Waals surface area contributed by atoms with E-state index >= 15 is 0 Å². The Morgan fingerprint density at radius 3 is 2.81 bits per heavy atom. The summed E-state index contributed by atoms with van der Waals surface area (Å²) in [5.41, 5.74) is 2.50. The minimum Gasteiger partial charge on any atom is -0.465 e. The van der Waals surface area contributed by atoms with Crippen LogP contribution in [-0.4, -0.2) is 25.9 Å². The van der Waals surface area contributed by atoms with Gasteiger partial charge in [0.15, 0.2) is 0 Å². The fraction of sp³-hybridized carbons (Fsp3) is 0.467. The molecule has 21 heavy (non-hydrogen) atoms. The summed E-state index contributed by atoms with van der Waals surface area (Å²) in [4.78, 5) is 15.1. The van der Waals surface area contributed by atoms with Crippen molar-refractivity contribution >= 4 is 17.1 Å². The molecule has 1 aromatic carbocycles. The number of nitrogens with zero attached hydrogens (tertiary/aromatic N) is 2. The van der Waals surface area contributed by atoms with Crippen LogP contribution in [-0.2, 0) is 19.7 Å². The van der Waals surface area contributed by atoms with Gasteiger partial charge in [-0.05, 0) is 24.0 Å². The Morgan fingerprint density at radius 2 is 2.19 bits per heavy atom. The van der Waals surface area contributed by atoms with Crippen molar-refractivity contribution < 1.29 is 15.0 Å². The highest BCUT2D eigenvalue weighted by atomic mass is 16.4. The Balaban J connectivity index is 2.39. The number of carboxylic acid groups (broad SMARTS) is 1. The summed E-state index contributed by atoms with van der Waals surface area (Å²) in [6, 6.07) is 5.68. The Bertz CT molecular complexity index is 634. The number of benzene rings is 1. The molecule has 0 spiro atoms. The van der Waals surface area contributed by atoms with Gasteiger partial charge in [-0.3, -0.25) is 0 Å². The highest BCUT2D eigenvalue weighted by molar-refractivity contribution is 5.80. The first-order valence-corrected chi connectivity index (χ1v) is 7.07. The predicted molar refractivity (Wildman–Crippen MR) is 80.0 cm³/mol. The van der Waals surface area contributed by atoms with Crippen LogP contribution in [0.2, 0.25) is 0 Å². The number of hydrogen-bond acceptors (Lipinski definition) is 3. The smallest absolute Gasteiger partial charge is 0.404 e. The van der Waals surface area contributed by atoms with E-state index in [1.165, 1.54) is 0 Å². The van der Waals surface area contributed by atoms with Crippen LogP contribution < -0.4 is 5.32 Å². The Kier molecular flexibility index (Phi) is 4.80. The maximum absolute atomic E-state index is 10.6. The van der Waals surface area contributed by atoms with E-state index in [2.05, 4.69) is 24.1 Å². The zero-order valence-corrected chi connectivity index (χ0v) is 12.3. The normalized spacial score (nSPS) is 11.2. The molecule has 6 nitrogen and oxygen atoms in total. The number of carbonyl (C=O) groups is 1. The summed E-state index contributed by atoms with van der Waals surface area (Å²) in [5, 5.41) is 20.6. The van der Waals surface area contributed by atoms with Crippen molar-refractivity contribution in [1.29, 1.82) is 0 Å². The van der Waals surface area contributed by atoms with Crippen molar-refractivity contribution in [2.24, 2.45) is 5.92 Å². The molecule has 2 aromatic rings. The largest absolute Gasteiger partial charge is 0.465 e. The van der Waals surface area contributed by atoms with Gasteiger partial charge in [0.2, 0.25) is 0 Å². The average molecular weight is 291 g/mol. The zero-order chi connectivity index (χ0) is 15.4. The van der Waals surface area contributed by atoms with Crippen molar-refractivity contribution in [1.82, 2.24) is 14.9 Å². The summed E-state index contributed by atoms with van der Waals surface area (Å²) in [5.74, 6) is 1.18. The van der Waals surface area contributed by atoms with Gasteiger partial charge in [-0.1, -0.05) is 26.0 Å². The lowest BCUT2D eigenvalue weighted by Crippen LogP contribution is -2.20. The fourth-order valence-electron chi connectivity index (χ4n) is 2.32. The molecule has 6 heteroatoms.